The van der Waals surface area contributed by atoms with Crippen LogP contribution in [0.1, 0.15) is 12.8 Å². The van der Waals surface area contributed by atoms with Crippen molar-refractivity contribution in [1.29, 1.82) is 0 Å². The minimum absolute atomic E-state index is 0. The highest BCUT2D eigenvalue weighted by Crippen LogP contribution is 2.28. The summed E-state index contributed by atoms with van der Waals surface area (Å²) in [7, 11) is 3.94. The Bertz CT molecular complexity index is 278. The molecule has 1 aliphatic rings. The highest BCUT2D eigenvalue weighted by atomic mass is 35.5. The quantitative estimate of drug-likeness (QED) is 0.787. The van der Waals surface area contributed by atoms with Crippen molar-refractivity contribution in [3.05, 3.63) is 23.9 Å². The van der Waals surface area contributed by atoms with E-state index in [1.165, 1.54) is 6.08 Å². The van der Waals surface area contributed by atoms with E-state index in [1.807, 2.05) is 19.0 Å². The maximum absolute atomic E-state index is 14.3. The fourth-order valence-corrected chi connectivity index (χ4v) is 1.70. The molecule has 0 aliphatic heterocycles. The molecule has 4 N–H and O–H groups in total. The molecule has 0 radical (unpaired) electrons. The van der Waals surface area contributed by atoms with Gasteiger partial charge in [-0.05, 0) is 45.6 Å². The van der Waals surface area contributed by atoms with Gasteiger partial charge in [-0.25, -0.2) is 4.39 Å². The van der Waals surface area contributed by atoms with Crippen LogP contribution in [0, 0.1) is 0 Å². The third kappa shape index (κ3) is 4.12. The lowest BCUT2D eigenvalue weighted by atomic mass is 9.87. The van der Waals surface area contributed by atoms with Crippen LogP contribution in [0.2, 0.25) is 0 Å². The molecule has 16 heavy (non-hydrogen) atoms. The maximum Gasteiger partial charge on any atom is 0.150 e. The van der Waals surface area contributed by atoms with E-state index >= 15 is 0 Å². The molecule has 0 fully saturated rings. The van der Waals surface area contributed by atoms with Gasteiger partial charge in [0.15, 0.2) is 0 Å². The molecular weight excluding hydrogens is 229 g/mol. The second kappa shape index (κ2) is 6.23. The zero-order valence-electron chi connectivity index (χ0n) is 9.82. The van der Waals surface area contributed by atoms with Gasteiger partial charge in [-0.2, -0.15) is 0 Å². The average molecular weight is 250 g/mol. The van der Waals surface area contributed by atoms with Gasteiger partial charge in [-0.3, -0.25) is 0 Å². The minimum Gasteiger partial charge on any atom is -0.399 e. The second-order valence-corrected chi connectivity index (χ2v) is 4.36. The van der Waals surface area contributed by atoms with Crippen LogP contribution in [0.15, 0.2) is 23.9 Å². The fourth-order valence-electron chi connectivity index (χ4n) is 1.70. The number of rotatable bonds is 4. The fraction of sp³-hybridized carbons (Fsp3) is 0.636. The Morgan fingerprint density at radius 2 is 2.12 bits per heavy atom. The largest absolute Gasteiger partial charge is 0.399 e. The Hall–Kier alpha value is -0.580. The Morgan fingerprint density at radius 3 is 2.69 bits per heavy atom. The molecule has 2 unspecified atom stereocenters. The van der Waals surface area contributed by atoms with Crippen LogP contribution in [0.3, 0.4) is 0 Å². The van der Waals surface area contributed by atoms with Crippen LogP contribution in [-0.2, 0) is 0 Å². The van der Waals surface area contributed by atoms with Crippen LogP contribution in [0.5, 0.6) is 0 Å². The molecule has 2 atom stereocenters. The van der Waals surface area contributed by atoms with Crippen molar-refractivity contribution >= 4 is 12.4 Å². The zero-order chi connectivity index (χ0) is 11.5. The molecule has 5 heteroatoms. The van der Waals surface area contributed by atoms with E-state index in [-0.39, 0.29) is 12.4 Å². The monoisotopic (exact) mass is 249 g/mol. The van der Waals surface area contributed by atoms with Crippen LogP contribution >= 0.6 is 12.4 Å². The van der Waals surface area contributed by atoms with E-state index in [1.54, 1.807) is 12.2 Å². The van der Waals surface area contributed by atoms with Gasteiger partial charge in [0.2, 0.25) is 0 Å². The van der Waals surface area contributed by atoms with E-state index in [2.05, 4.69) is 0 Å². The summed E-state index contributed by atoms with van der Waals surface area (Å²) in [6.07, 6.45) is 5.92. The van der Waals surface area contributed by atoms with Crippen LogP contribution in [-0.4, -0.2) is 37.3 Å². The first kappa shape index (κ1) is 15.4. The summed E-state index contributed by atoms with van der Waals surface area (Å²) >= 11 is 0. The van der Waals surface area contributed by atoms with Crippen molar-refractivity contribution in [1.82, 2.24) is 4.90 Å². The van der Waals surface area contributed by atoms with Gasteiger partial charge in [-0.1, -0.05) is 6.08 Å². The first-order valence-corrected chi connectivity index (χ1v) is 5.20. The van der Waals surface area contributed by atoms with E-state index in [9.17, 15) is 4.39 Å². The normalized spacial score (nSPS) is 28.8. The van der Waals surface area contributed by atoms with Gasteiger partial charge in [0.25, 0.3) is 0 Å². The van der Waals surface area contributed by atoms with Gasteiger partial charge < -0.3 is 16.4 Å². The Labute approximate surface area is 103 Å². The van der Waals surface area contributed by atoms with Crippen molar-refractivity contribution < 1.29 is 4.39 Å². The molecule has 0 saturated heterocycles. The lowest BCUT2D eigenvalue weighted by Crippen LogP contribution is -2.44. The lowest BCUT2D eigenvalue weighted by Gasteiger charge is -2.29. The topological polar surface area (TPSA) is 55.3 Å². The molecule has 0 saturated carbocycles. The number of alkyl halides is 1. The van der Waals surface area contributed by atoms with Gasteiger partial charge in [0, 0.05) is 5.70 Å². The van der Waals surface area contributed by atoms with Gasteiger partial charge >= 0.3 is 0 Å². The van der Waals surface area contributed by atoms with Crippen LogP contribution < -0.4 is 11.5 Å². The molecule has 3 nitrogen and oxygen atoms in total. The predicted octanol–water partition coefficient (Wildman–Crippen LogP) is 1.20. The molecule has 0 spiro atoms. The van der Waals surface area contributed by atoms with Gasteiger partial charge in [0.05, 0.1) is 6.04 Å². The van der Waals surface area contributed by atoms with E-state index in [0.29, 0.717) is 12.1 Å². The molecule has 0 bridgehead atoms. The van der Waals surface area contributed by atoms with E-state index in [0.717, 1.165) is 13.0 Å². The number of hydrogen-bond donors (Lipinski definition) is 2. The van der Waals surface area contributed by atoms with Crippen molar-refractivity contribution in [2.45, 2.75) is 24.6 Å². The van der Waals surface area contributed by atoms with Crippen molar-refractivity contribution in [3.63, 3.8) is 0 Å². The molecule has 1 rings (SSSR count). The Kier molecular flexibility index (Phi) is 6.00. The second-order valence-electron chi connectivity index (χ2n) is 4.36. The summed E-state index contributed by atoms with van der Waals surface area (Å²) in [5.41, 5.74) is 10.3. The van der Waals surface area contributed by atoms with E-state index in [4.69, 9.17) is 11.5 Å². The molecule has 1 aliphatic carbocycles. The summed E-state index contributed by atoms with van der Waals surface area (Å²) in [6.45, 7) is 0.857. The zero-order valence-corrected chi connectivity index (χ0v) is 10.6. The van der Waals surface area contributed by atoms with Crippen LogP contribution in [0.25, 0.3) is 0 Å². The van der Waals surface area contributed by atoms with Gasteiger partial charge in [0.1, 0.15) is 5.67 Å². The Balaban J connectivity index is 0.00000225. The number of halogens is 2. The molecule has 0 heterocycles. The summed E-state index contributed by atoms with van der Waals surface area (Å²) in [6, 6.07) is -0.577. The first-order valence-electron chi connectivity index (χ1n) is 5.20. The smallest absolute Gasteiger partial charge is 0.150 e. The molecule has 94 valence electrons. The molecule has 0 aromatic rings. The summed E-state index contributed by atoms with van der Waals surface area (Å²) in [5.74, 6) is 0. The third-order valence-corrected chi connectivity index (χ3v) is 2.62. The number of hydrogen-bond acceptors (Lipinski definition) is 3. The lowest BCUT2D eigenvalue weighted by molar-refractivity contribution is 0.179. The number of nitrogens with zero attached hydrogens (tertiary/aromatic N) is 1. The first-order chi connectivity index (χ1) is 6.94. The molecule has 0 aromatic carbocycles. The summed E-state index contributed by atoms with van der Waals surface area (Å²) < 4.78 is 14.3. The van der Waals surface area contributed by atoms with Crippen LogP contribution in [0.4, 0.5) is 4.39 Å². The number of allylic oxidation sites excluding steroid dienone is 1. The summed E-state index contributed by atoms with van der Waals surface area (Å²) in [5, 5.41) is 0. The average Bonchev–Trinajstić information content (AvgIpc) is 2.11. The van der Waals surface area contributed by atoms with Crippen molar-refractivity contribution in [2.75, 3.05) is 20.6 Å². The Morgan fingerprint density at radius 1 is 1.50 bits per heavy atom. The third-order valence-electron chi connectivity index (χ3n) is 2.62. The molecular formula is C11H21ClFN3. The standard InChI is InChI=1S/C11H20FN3.ClH/c1-15(2)7-3-6-11(12)8-9(13)4-5-10(11)14;/h4-5,8,10H,3,6-7,13-14H2,1-2H3;1H. The van der Waals surface area contributed by atoms with Crippen molar-refractivity contribution in [3.8, 4) is 0 Å². The SMILES string of the molecule is CN(C)CCCC1(F)C=C(N)C=CC1N.Cl. The maximum atomic E-state index is 14.3. The molecule has 0 aromatic heterocycles. The van der Waals surface area contributed by atoms with Gasteiger partial charge in [-0.15, -0.1) is 12.4 Å². The van der Waals surface area contributed by atoms with E-state index < -0.39 is 11.7 Å². The predicted molar refractivity (Wildman–Crippen MR) is 68.3 cm³/mol. The summed E-state index contributed by atoms with van der Waals surface area (Å²) in [4.78, 5) is 2.03. The minimum atomic E-state index is -1.48. The highest BCUT2D eigenvalue weighted by molar-refractivity contribution is 5.85. The molecule has 0 amide bonds. The van der Waals surface area contributed by atoms with Crippen molar-refractivity contribution in [2.24, 2.45) is 11.5 Å². The number of nitrogens with two attached hydrogens (primary N) is 2. The highest BCUT2D eigenvalue weighted by Gasteiger charge is 2.34.